The van der Waals surface area contributed by atoms with E-state index in [1.54, 1.807) is 22.2 Å². The lowest BCUT2D eigenvalue weighted by molar-refractivity contribution is -0.116. The summed E-state index contributed by atoms with van der Waals surface area (Å²) in [5, 5.41) is 20.8. The Morgan fingerprint density at radius 1 is 1.50 bits per heavy atom. The van der Waals surface area contributed by atoms with Gasteiger partial charge in [-0.2, -0.15) is 5.26 Å². The average molecular weight is 304 g/mol. The van der Waals surface area contributed by atoms with Crippen LogP contribution in [0.1, 0.15) is 0 Å². The number of nitrogens with zero attached hydrogens (tertiary/aromatic N) is 2. The molecule has 0 atom stereocenters. The number of aromatic nitrogens is 1. The number of carbonyl (C=O) groups is 1. The third kappa shape index (κ3) is 3.73. The van der Waals surface area contributed by atoms with Crippen LogP contribution in [0, 0.1) is 16.7 Å². The van der Waals surface area contributed by atoms with Crippen LogP contribution in [-0.2, 0) is 11.3 Å². The van der Waals surface area contributed by atoms with Gasteiger partial charge in [-0.05, 0) is 12.1 Å². The van der Waals surface area contributed by atoms with Crippen molar-refractivity contribution < 1.29 is 4.79 Å². The summed E-state index contributed by atoms with van der Waals surface area (Å²) in [6.45, 7) is 0.111. The van der Waals surface area contributed by atoms with Gasteiger partial charge in [0.05, 0.1) is 17.5 Å². The van der Waals surface area contributed by atoms with Crippen LogP contribution in [0.25, 0.3) is 0 Å². The lowest BCUT2D eigenvalue weighted by Crippen LogP contribution is -2.24. The maximum absolute atomic E-state index is 12.0. The standard InChI is InChI=1S/C13H12N4OS2/c14-5-7-19-11-4-2-1-3-10(11)16-12(18)9-17-6-8-20-13(17)15/h1-4,6,8,15H,7,9H2,(H,16,18). The smallest absolute Gasteiger partial charge is 0.244 e. The zero-order valence-corrected chi connectivity index (χ0v) is 12.1. The Hall–Kier alpha value is -2.04. The highest BCUT2D eigenvalue weighted by molar-refractivity contribution is 7.99. The summed E-state index contributed by atoms with van der Waals surface area (Å²) in [4.78, 5) is 13.2. The Morgan fingerprint density at radius 3 is 3.00 bits per heavy atom. The molecule has 0 unspecified atom stereocenters. The van der Waals surface area contributed by atoms with Crippen LogP contribution in [0.5, 0.6) is 0 Å². The van der Waals surface area contributed by atoms with Crippen molar-refractivity contribution in [3.05, 3.63) is 40.6 Å². The molecule has 0 radical (unpaired) electrons. The Morgan fingerprint density at radius 2 is 2.30 bits per heavy atom. The number of nitrogens with one attached hydrogen (secondary N) is 2. The second kappa shape index (κ2) is 6.93. The van der Waals surface area contributed by atoms with E-state index in [1.807, 2.05) is 18.2 Å². The summed E-state index contributed by atoms with van der Waals surface area (Å²) in [6.07, 6.45) is 1.71. The lowest BCUT2D eigenvalue weighted by Gasteiger charge is -2.09. The van der Waals surface area contributed by atoms with Crippen LogP contribution in [-0.4, -0.2) is 16.2 Å². The lowest BCUT2D eigenvalue weighted by atomic mass is 10.3. The fourth-order valence-corrected chi connectivity index (χ4v) is 2.85. The number of hydrogen-bond donors (Lipinski definition) is 2. The number of thiazole rings is 1. The van der Waals surface area contributed by atoms with E-state index in [2.05, 4.69) is 11.4 Å². The highest BCUT2D eigenvalue weighted by Gasteiger charge is 2.08. The first-order valence-corrected chi connectivity index (χ1v) is 7.64. The normalized spacial score (nSPS) is 9.95. The van der Waals surface area contributed by atoms with Gasteiger partial charge in [0.15, 0.2) is 4.80 Å². The fraction of sp³-hybridized carbons (Fsp3) is 0.154. The first-order valence-electron chi connectivity index (χ1n) is 5.78. The molecule has 1 aromatic heterocycles. The van der Waals surface area contributed by atoms with Gasteiger partial charge in [0, 0.05) is 16.5 Å². The van der Waals surface area contributed by atoms with Crippen LogP contribution >= 0.6 is 23.1 Å². The van der Waals surface area contributed by atoms with Crippen LogP contribution in [0.4, 0.5) is 5.69 Å². The number of rotatable bonds is 5. The maximum Gasteiger partial charge on any atom is 0.244 e. The number of thioether (sulfide) groups is 1. The molecule has 2 N–H and O–H groups in total. The summed E-state index contributed by atoms with van der Waals surface area (Å²) in [5.74, 6) is 0.148. The van der Waals surface area contributed by atoms with Crippen molar-refractivity contribution >= 4 is 34.7 Å². The summed E-state index contributed by atoms with van der Waals surface area (Å²) in [5.41, 5.74) is 0.695. The molecule has 2 aromatic rings. The van der Waals surface area contributed by atoms with E-state index in [0.717, 1.165) is 4.90 Å². The summed E-state index contributed by atoms with van der Waals surface area (Å²) < 4.78 is 1.57. The first kappa shape index (κ1) is 14.4. The second-order valence-electron chi connectivity index (χ2n) is 3.83. The van der Waals surface area contributed by atoms with Crippen molar-refractivity contribution in [3.63, 3.8) is 0 Å². The molecule has 0 saturated heterocycles. The van der Waals surface area contributed by atoms with E-state index in [4.69, 9.17) is 10.7 Å². The number of anilines is 1. The molecule has 0 fully saturated rings. The molecule has 0 bridgehead atoms. The van der Waals surface area contributed by atoms with Crippen LogP contribution in [0.15, 0.2) is 40.7 Å². The number of benzene rings is 1. The van der Waals surface area contributed by atoms with Gasteiger partial charge in [-0.3, -0.25) is 10.2 Å². The number of carbonyl (C=O) groups excluding carboxylic acids is 1. The molecule has 7 heteroatoms. The molecular weight excluding hydrogens is 292 g/mol. The molecule has 20 heavy (non-hydrogen) atoms. The number of nitriles is 1. The van der Waals surface area contributed by atoms with Gasteiger partial charge in [0.25, 0.3) is 0 Å². The van der Waals surface area contributed by atoms with Crippen LogP contribution in [0.2, 0.25) is 0 Å². The largest absolute Gasteiger partial charge is 0.324 e. The van der Waals surface area contributed by atoms with E-state index in [1.165, 1.54) is 23.1 Å². The van der Waals surface area contributed by atoms with Gasteiger partial charge in [0.1, 0.15) is 6.54 Å². The fourth-order valence-electron chi connectivity index (χ4n) is 1.58. The van der Waals surface area contributed by atoms with E-state index in [9.17, 15) is 4.79 Å². The monoisotopic (exact) mass is 304 g/mol. The van der Waals surface area contributed by atoms with E-state index >= 15 is 0 Å². The Balaban J connectivity index is 2.06. The second-order valence-corrected chi connectivity index (χ2v) is 5.74. The molecule has 5 nitrogen and oxygen atoms in total. The highest BCUT2D eigenvalue weighted by Crippen LogP contribution is 2.26. The van der Waals surface area contributed by atoms with Crippen molar-refractivity contribution in [2.45, 2.75) is 11.4 Å². The zero-order valence-electron chi connectivity index (χ0n) is 10.5. The van der Waals surface area contributed by atoms with Crippen LogP contribution < -0.4 is 10.1 Å². The maximum atomic E-state index is 12.0. The van der Waals surface area contributed by atoms with Crippen molar-refractivity contribution in [3.8, 4) is 6.07 Å². The van der Waals surface area contributed by atoms with E-state index in [0.29, 0.717) is 16.2 Å². The molecule has 0 aliphatic carbocycles. The quantitative estimate of drug-likeness (QED) is 0.831. The Labute approximate surface area is 124 Å². The molecule has 0 saturated carbocycles. The van der Waals surface area contributed by atoms with Crippen molar-refractivity contribution in [2.24, 2.45) is 0 Å². The Kier molecular flexibility index (Phi) is 4.98. The zero-order chi connectivity index (χ0) is 14.4. The van der Waals surface area contributed by atoms with Gasteiger partial charge >= 0.3 is 0 Å². The molecule has 1 amide bonds. The minimum absolute atomic E-state index is 0.111. The third-order valence-corrected chi connectivity index (χ3v) is 4.10. The minimum Gasteiger partial charge on any atom is -0.324 e. The van der Waals surface area contributed by atoms with Gasteiger partial charge in [-0.25, -0.2) is 0 Å². The molecule has 2 rings (SSSR count). The SMILES string of the molecule is N#CCSc1ccccc1NC(=O)Cn1ccsc1=N. The van der Waals surface area contributed by atoms with Crippen molar-refractivity contribution in [1.29, 1.82) is 10.7 Å². The molecule has 102 valence electrons. The summed E-state index contributed by atoms with van der Waals surface area (Å²) in [7, 11) is 0. The molecule has 1 aromatic carbocycles. The highest BCUT2D eigenvalue weighted by atomic mass is 32.2. The van der Waals surface area contributed by atoms with Crippen molar-refractivity contribution in [2.75, 3.05) is 11.1 Å². The molecular formula is C13H12N4OS2. The third-order valence-electron chi connectivity index (χ3n) is 2.45. The minimum atomic E-state index is -0.188. The predicted octanol–water partition coefficient (Wildman–Crippen LogP) is 2.28. The van der Waals surface area contributed by atoms with E-state index < -0.39 is 0 Å². The molecule has 0 aliphatic heterocycles. The number of hydrogen-bond acceptors (Lipinski definition) is 5. The van der Waals surface area contributed by atoms with Gasteiger partial charge in [-0.1, -0.05) is 12.1 Å². The topological polar surface area (TPSA) is 81.7 Å². The van der Waals surface area contributed by atoms with Gasteiger partial charge < -0.3 is 9.88 Å². The van der Waals surface area contributed by atoms with Crippen LogP contribution in [0.3, 0.4) is 0 Å². The predicted molar refractivity (Wildman–Crippen MR) is 79.6 cm³/mol. The average Bonchev–Trinajstić information content (AvgIpc) is 2.83. The first-order chi connectivity index (χ1) is 9.70. The summed E-state index contributed by atoms with van der Waals surface area (Å²) in [6, 6.07) is 9.43. The molecule has 0 aliphatic rings. The molecule has 1 heterocycles. The van der Waals surface area contributed by atoms with E-state index in [-0.39, 0.29) is 12.5 Å². The molecule has 0 spiro atoms. The number of para-hydroxylation sites is 1. The van der Waals surface area contributed by atoms with Gasteiger partial charge in [-0.15, -0.1) is 23.1 Å². The van der Waals surface area contributed by atoms with Crippen molar-refractivity contribution in [1.82, 2.24) is 4.57 Å². The Bertz CT molecular complexity index is 699. The van der Waals surface area contributed by atoms with Gasteiger partial charge in [0.2, 0.25) is 5.91 Å². The summed E-state index contributed by atoms with van der Waals surface area (Å²) >= 11 is 2.66. The number of amides is 1.